The highest BCUT2D eigenvalue weighted by atomic mass is 32.2. The van der Waals surface area contributed by atoms with Gasteiger partial charge in [-0.15, -0.1) is 0 Å². The maximum atomic E-state index is 14.9. The number of hydrogen-bond donors (Lipinski definition) is 2. The maximum absolute atomic E-state index is 14.9. The highest BCUT2D eigenvalue weighted by Gasteiger charge is 2.37. The Balaban J connectivity index is 2.38. The molecule has 0 aliphatic heterocycles. The predicted octanol–water partition coefficient (Wildman–Crippen LogP) is 6.49. The van der Waals surface area contributed by atoms with Crippen molar-refractivity contribution in [3.63, 3.8) is 0 Å². The van der Waals surface area contributed by atoms with Gasteiger partial charge in [0.1, 0.15) is 15.7 Å². The minimum absolute atomic E-state index is 0.159. The molecule has 0 amide bonds. The first kappa shape index (κ1) is 36.7. The molecule has 0 fully saturated rings. The van der Waals surface area contributed by atoms with Crippen LogP contribution < -0.4 is 0 Å². The summed E-state index contributed by atoms with van der Waals surface area (Å²) in [6, 6.07) is 8.31. The third-order valence-electron chi connectivity index (χ3n) is 8.64. The Morgan fingerprint density at radius 1 is 1.05 bits per heavy atom. The maximum Gasteiger partial charge on any atom is 0.294 e. The third-order valence-corrected chi connectivity index (χ3v) is 11.3. The summed E-state index contributed by atoms with van der Waals surface area (Å²) in [6.45, 7) is 9.61. The van der Waals surface area contributed by atoms with Crippen LogP contribution in [0.1, 0.15) is 87.1 Å². The second kappa shape index (κ2) is 14.1. The molecule has 0 saturated carbocycles. The lowest BCUT2D eigenvalue weighted by atomic mass is 9.70. The molecule has 240 valence electrons. The second-order valence-corrected chi connectivity index (χ2v) is 16.4. The van der Waals surface area contributed by atoms with E-state index >= 15 is 0 Å². The number of hydrogen-bond acceptors (Lipinski definition) is 6. The van der Waals surface area contributed by atoms with Crippen molar-refractivity contribution in [1.29, 1.82) is 5.41 Å². The summed E-state index contributed by atoms with van der Waals surface area (Å²) in [4.78, 5) is 0. The first-order valence-corrected chi connectivity index (χ1v) is 18.2. The van der Waals surface area contributed by atoms with Crippen LogP contribution in [0.15, 0.2) is 48.6 Å². The number of allylic oxidation sites excluding steroid dienone is 1. The van der Waals surface area contributed by atoms with E-state index < -0.39 is 59.9 Å². The topological polar surface area (TPSA) is 112 Å². The SMILES string of the molecule is C=C(C)C(F)(F)c1ccc(C(CC)(CCCCc2cc(F)cc(C(CS(C)(=O)=O)C(C)S(C)(=O)=O)c2C=N)C(C)O)cc1. The van der Waals surface area contributed by atoms with Gasteiger partial charge >= 0.3 is 0 Å². The van der Waals surface area contributed by atoms with Gasteiger partial charge in [0.15, 0.2) is 9.84 Å². The van der Waals surface area contributed by atoms with Gasteiger partial charge in [-0.05, 0) is 86.4 Å². The highest BCUT2D eigenvalue weighted by Crippen LogP contribution is 2.40. The van der Waals surface area contributed by atoms with Crippen LogP contribution in [0.5, 0.6) is 0 Å². The molecule has 0 radical (unpaired) electrons. The van der Waals surface area contributed by atoms with Crippen molar-refractivity contribution in [3.8, 4) is 0 Å². The number of halogens is 3. The molecule has 0 aliphatic rings. The Bertz CT molecular complexity index is 1520. The van der Waals surface area contributed by atoms with Crippen LogP contribution in [0, 0.1) is 11.2 Å². The summed E-state index contributed by atoms with van der Waals surface area (Å²) in [7, 11) is -7.34. The van der Waals surface area contributed by atoms with Crippen molar-refractivity contribution < 1.29 is 35.1 Å². The average molecular weight is 644 g/mol. The number of unbranched alkanes of at least 4 members (excludes halogenated alkanes) is 1. The molecule has 2 N–H and O–H groups in total. The van der Waals surface area contributed by atoms with Crippen LogP contribution in [0.4, 0.5) is 13.2 Å². The van der Waals surface area contributed by atoms with Crippen LogP contribution in [0.2, 0.25) is 0 Å². The fraction of sp³-hybridized carbons (Fsp3) is 0.531. The van der Waals surface area contributed by atoms with Gasteiger partial charge in [0.25, 0.3) is 5.92 Å². The zero-order chi connectivity index (χ0) is 33.0. The number of aliphatic hydroxyl groups excluding tert-OH is 1. The lowest BCUT2D eigenvalue weighted by Gasteiger charge is -2.37. The number of nitrogens with one attached hydrogen (secondary N) is 1. The molecule has 11 heteroatoms. The zero-order valence-electron chi connectivity index (χ0n) is 25.8. The summed E-state index contributed by atoms with van der Waals surface area (Å²) >= 11 is 0. The van der Waals surface area contributed by atoms with E-state index in [0.29, 0.717) is 37.7 Å². The lowest BCUT2D eigenvalue weighted by molar-refractivity contribution is 0.0384. The smallest absolute Gasteiger partial charge is 0.294 e. The molecule has 43 heavy (non-hydrogen) atoms. The van der Waals surface area contributed by atoms with E-state index in [0.717, 1.165) is 30.4 Å². The van der Waals surface area contributed by atoms with Crippen LogP contribution in [-0.2, 0) is 37.4 Å². The summed E-state index contributed by atoms with van der Waals surface area (Å²) < 4.78 is 93.0. The average Bonchev–Trinajstić information content (AvgIpc) is 2.90. The number of aryl methyl sites for hydroxylation is 1. The van der Waals surface area contributed by atoms with Crippen molar-refractivity contribution in [2.45, 2.75) is 88.4 Å². The fourth-order valence-corrected chi connectivity index (χ4v) is 7.86. The Kier molecular flexibility index (Phi) is 12.0. The quantitative estimate of drug-likeness (QED) is 0.123. The molecule has 0 spiro atoms. The van der Waals surface area contributed by atoms with E-state index in [9.17, 15) is 35.1 Å². The number of benzene rings is 2. The fourth-order valence-electron chi connectivity index (χ4n) is 5.77. The van der Waals surface area contributed by atoms with Crippen LogP contribution >= 0.6 is 0 Å². The van der Waals surface area contributed by atoms with Crippen molar-refractivity contribution in [3.05, 3.63) is 82.2 Å². The monoisotopic (exact) mass is 643 g/mol. The van der Waals surface area contributed by atoms with Crippen LogP contribution in [0.3, 0.4) is 0 Å². The Morgan fingerprint density at radius 2 is 1.60 bits per heavy atom. The zero-order valence-corrected chi connectivity index (χ0v) is 27.4. The number of rotatable bonds is 16. The van der Waals surface area contributed by atoms with Crippen LogP contribution in [0.25, 0.3) is 0 Å². The van der Waals surface area contributed by atoms with E-state index in [1.54, 1.807) is 19.1 Å². The molecule has 2 rings (SSSR count). The van der Waals surface area contributed by atoms with Gasteiger partial charge in [-0.1, -0.05) is 44.2 Å². The molecule has 2 aromatic carbocycles. The summed E-state index contributed by atoms with van der Waals surface area (Å²) in [5.41, 5.74) is 0.451. The summed E-state index contributed by atoms with van der Waals surface area (Å²) in [6.07, 6.45) is 4.63. The van der Waals surface area contributed by atoms with Gasteiger partial charge < -0.3 is 10.5 Å². The van der Waals surface area contributed by atoms with E-state index in [-0.39, 0.29) is 22.3 Å². The molecule has 0 aromatic heterocycles. The normalized spacial score (nSPS) is 16.2. The lowest BCUT2D eigenvalue weighted by Crippen LogP contribution is -2.37. The third kappa shape index (κ3) is 8.79. The molecule has 6 nitrogen and oxygen atoms in total. The van der Waals surface area contributed by atoms with E-state index in [1.807, 2.05) is 6.92 Å². The highest BCUT2D eigenvalue weighted by molar-refractivity contribution is 7.92. The van der Waals surface area contributed by atoms with Crippen molar-refractivity contribution in [1.82, 2.24) is 0 Å². The van der Waals surface area contributed by atoms with E-state index in [4.69, 9.17) is 5.41 Å². The van der Waals surface area contributed by atoms with Gasteiger partial charge in [-0.3, -0.25) is 0 Å². The Hall–Kier alpha value is -2.50. The molecule has 0 heterocycles. The standard InChI is InChI=1S/C32H44F3NO5S2/c1-8-31(23(5)37,25-12-14-26(15-13-25)32(34,35)21(2)3)16-10-9-11-24-17-27(33)18-28(29(24)19-36)30(20-42(6,38)39)22(4)43(7,40)41/h12-15,17-19,22-23,30,36-37H,2,8-11,16,20H2,1,3-7H3. The molecule has 4 unspecified atom stereocenters. The van der Waals surface area contributed by atoms with Gasteiger partial charge in [0.2, 0.25) is 0 Å². The largest absolute Gasteiger partial charge is 0.392 e. The number of sulfone groups is 2. The van der Waals surface area contributed by atoms with Gasteiger partial charge in [0.05, 0.1) is 17.1 Å². The molecule has 2 aromatic rings. The minimum atomic E-state index is -3.69. The second-order valence-electron chi connectivity index (χ2n) is 11.8. The van der Waals surface area contributed by atoms with Crippen molar-refractivity contribution in [2.24, 2.45) is 0 Å². The molecular formula is C32H44F3NO5S2. The Morgan fingerprint density at radius 3 is 2.05 bits per heavy atom. The van der Waals surface area contributed by atoms with Crippen molar-refractivity contribution >= 4 is 25.9 Å². The molecule has 0 aliphatic carbocycles. The summed E-state index contributed by atoms with van der Waals surface area (Å²) in [5.74, 6) is -5.42. The number of alkyl halides is 2. The van der Waals surface area contributed by atoms with Crippen molar-refractivity contribution in [2.75, 3.05) is 18.3 Å². The Labute approximate surface area is 254 Å². The molecule has 0 saturated heterocycles. The van der Waals surface area contributed by atoms with Gasteiger partial charge in [0, 0.05) is 35.6 Å². The van der Waals surface area contributed by atoms with E-state index in [2.05, 4.69) is 6.58 Å². The first-order chi connectivity index (χ1) is 19.7. The molecule has 0 bridgehead atoms. The van der Waals surface area contributed by atoms with Gasteiger partial charge in [-0.25, -0.2) is 21.2 Å². The van der Waals surface area contributed by atoms with E-state index in [1.165, 1.54) is 32.0 Å². The molecule has 4 atom stereocenters. The molecular weight excluding hydrogens is 599 g/mol. The number of aliphatic hydroxyl groups is 1. The minimum Gasteiger partial charge on any atom is -0.392 e. The first-order valence-electron chi connectivity index (χ1n) is 14.2. The predicted molar refractivity (Wildman–Crippen MR) is 167 cm³/mol. The summed E-state index contributed by atoms with van der Waals surface area (Å²) in [5, 5.41) is 17.8. The van der Waals surface area contributed by atoms with Gasteiger partial charge in [-0.2, -0.15) is 8.78 Å². The van der Waals surface area contributed by atoms with Crippen LogP contribution in [-0.4, -0.2) is 57.8 Å².